The van der Waals surface area contributed by atoms with E-state index in [9.17, 15) is 4.79 Å². The molecule has 0 aromatic heterocycles. The average Bonchev–Trinajstić information content (AvgIpc) is 2.68. The fourth-order valence-corrected chi connectivity index (χ4v) is 3.67. The molecule has 6 heteroatoms. The van der Waals surface area contributed by atoms with Gasteiger partial charge in [0.1, 0.15) is 0 Å². The number of nitrogens with zero attached hydrogens (tertiary/aromatic N) is 1. The Morgan fingerprint density at radius 2 is 1.81 bits per heavy atom. The summed E-state index contributed by atoms with van der Waals surface area (Å²) in [5.74, 6) is 0.796. The standard InChI is InChI=1S/C20H23ClN2O2S/c1-15(26-14-16-2-4-17(21)5-3-16)20(24)22-18-6-8-19(9-7-18)23-10-12-25-13-11-23/h2-9,15H,10-14H2,1H3,(H,22,24)/t15-/m1/s1. The molecule has 0 bridgehead atoms. The molecular weight excluding hydrogens is 368 g/mol. The molecule has 2 aromatic rings. The molecule has 1 saturated heterocycles. The minimum atomic E-state index is -0.135. The van der Waals surface area contributed by atoms with Crippen molar-refractivity contribution in [2.75, 3.05) is 36.5 Å². The van der Waals surface area contributed by atoms with Gasteiger partial charge < -0.3 is 15.0 Å². The van der Waals surface area contributed by atoms with E-state index in [0.717, 1.165) is 54.0 Å². The second-order valence-electron chi connectivity index (χ2n) is 6.22. The number of benzene rings is 2. The smallest absolute Gasteiger partial charge is 0.237 e. The van der Waals surface area contributed by atoms with Gasteiger partial charge in [-0.3, -0.25) is 4.79 Å². The van der Waals surface area contributed by atoms with Gasteiger partial charge in [-0.25, -0.2) is 0 Å². The number of halogens is 1. The SMILES string of the molecule is C[C@@H](SCc1ccc(Cl)cc1)C(=O)Nc1ccc(N2CCOCC2)cc1. The number of ether oxygens (including phenoxy) is 1. The van der Waals surface area contributed by atoms with Crippen molar-refractivity contribution >= 4 is 40.6 Å². The van der Waals surface area contributed by atoms with Gasteiger partial charge in [0.25, 0.3) is 0 Å². The van der Waals surface area contributed by atoms with Crippen molar-refractivity contribution in [1.82, 2.24) is 0 Å². The van der Waals surface area contributed by atoms with Crippen molar-refractivity contribution < 1.29 is 9.53 Å². The van der Waals surface area contributed by atoms with Gasteiger partial charge in [-0.1, -0.05) is 23.7 Å². The number of amides is 1. The number of hydrogen-bond donors (Lipinski definition) is 1. The predicted molar refractivity (Wildman–Crippen MR) is 110 cm³/mol. The van der Waals surface area contributed by atoms with Gasteiger partial charge in [0.15, 0.2) is 0 Å². The second-order valence-corrected chi connectivity index (χ2v) is 7.98. The van der Waals surface area contributed by atoms with Crippen molar-refractivity contribution in [2.45, 2.75) is 17.9 Å². The normalized spacial score (nSPS) is 15.5. The summed E-state index contributed by atoms with van der Waals surface area (Å²) in [6, 6.07) is 15.7. The Labute approximate surface area is 163 Å². The first-order chi connectivity index (χ1) is 12.6. The quantitative estimate of drug-likeness (QED) is 0.791. The zero-order valence-corrected chi connectivity index (χ0v) is 16.4. The number of morpholine rings is 1. The van der Waals surface area contributed by atoms with Crippen molar-refractivity contribution in [3.8, 4) is 0 Å². The van der Waals surface area contributed by atoms with Crippen LogP contribution in [0.4, 0.5) is 11.4 Å². The van der Waals surface area contributed by atoms with E-state index in [2.05, 4.69) is 10.2 Å². The Morgan fingerprint density at radius 1 is 1.15 bits per heavy atom. The first-order valence-electron chi connectivity index (χ1n) is 8.71. The van der Waals surface area contributed by atoms with Crippen molar-refractivity contribution in [1.29, 1.82) is 0 Å². The maximum atomic E-state index is 12.4. The molecule has 138 valence electrons. The van der Waals surface area contributed by atoms with Crippen molar-refractivity contribution in [3.63, 3.8) is 0 Å². The molecule has 0 radical (unpaired) electrons. The number of thioether (sulfide) groups is 1. The third-order valence-corrected chi connectivity index (χ3v) is 5.76. The lowest BCUT2D eigenvalue weighted by Crippen LogP contribution is -2.36. The average molecular weight is 391 g/mol. The van der Waals surface area contributed by atoms with Gasteiger partial charge >= 0.3 is 0 Å². The van der Waals surface area contributed by atoms with Crippen LogP contribution in [0.5, 0.6) is 0 Å². The number of carbonyl (C=O) groups excluding carboxylic acids is 1. The number of rotatable bonds is 6. The first kappa shape index (κ1) is 19.1. The molecule has 3 rings (SSSR count). The van der Waals surface area contributed by atoms with E-state index in [1.807, 2.05) is 55.5 Å². The fourth-order valence-electron chi connectivity index (χ4n) is 2.70. The summed E-state index contributed by atoms with van der Waals surface area (Å²) < 4.78 is 5.38. The van der Waals surface area contributed by atoms with Crippen LogP contribution >= 0.6 is 23.4 Å². The Hall–Kier alpha value is -1.69. The van der Waals surface area contributed by atoms with Crippen LogP contribution in [-0.4, -0.2) is 37.5 Å². The van der Waals surface area contributed by atoms with E-state index >= 15 is 0 Å². The van der Waals surface area contributed by atoms with Crippen LogP contribution in [0.15, 0.2) is 48.5 Å². The largest absolute Gasteiger partial charge is 0.378 e. The van der Waals surface area contributed by atoms with Gasteiger partial charge in [-0.2, -0.15) is 0 Å². The number of carbonyl (C=O) groups is 1. The second kappa shape index (κ2) is 9.31. The van der Waals surface area contributed by atoms with E-state index in [4.69, 9.17) is 16.3 Å². The maximum Gasteiger partial charge on any atom is 0.237 e. The summed E-state index contributed by atoms with van der Waals surface area (Å²) in [6.07, 6.45) is 0. The summed E-state index contributed by atoms with van der Waals surface area (Å²) >= 11 is 7.51. The molecule has 1 N–H and O–H groups in total. The van der Waals surface area contributed by atoms with Gasteiger partial charge in [-0.05, 0) is 48.9 Å². The van der Waals surface area contributed by atoms with Gasteiger partial charge in [-0.15, -0.1) is 11.8 Å². The lowest BCUT2D eigenvalue weighted by atomic mass is 10.2. The molecule has 0 saturated carbocycles. The molecule has 1 aliphatic rings. The van der Waals surface area contributed by atoms with Crippen LogP contribution in [0, 0.1) is 0 Å². The molecule has 0 unspecified atom stereocenters. The van der Waals surface area contributed by atoms with E-state index in [-0.39, 0.29) is 11.2 Å². The highest BCUT2D eigenvalue weighted by Crippen LogP contribution is 2.22. The van der Waals surface area contributed by atoms with E-state index in [1.165, 1.54) is 0 Å². The van der Waals surface area contributed by atoms with Crippen LogP contribution in [0.2, 0.25) is 5.02 Å². The van der Waals surface area contributed by atoms with Crippen LogP contribution in [0.25, 0.3) is 0 Å². The third kappa shape index (κ3) is 5.40. The number of hydrogen-bond acceptors (Lipinski definition) is 4. The highest BCUT2D eigenvalue weighted by atomic mass is 35.5. The lowest BCUT2D eigenvalue weighted by molar-refractivity contribution is -0.115. The highest BCUT2D eigenvalue weighted by molar-refractivity contribution is 7.99. The van der Waals surface area contributed by atoms with Crippen molar-refractivity contribution in [2.24, 2.45) is 0 Å². The van der Waals surface area contributed by atoms with Crippen LogP contribution < -0.4 is 10.2 Å². The Balaban J connectivity index is 1.49. The van der Waals surface area contributed by atoms with Gasteiger partial charge in [0.2, 0.25) is 5.91 Å². The minimum absolute atomic E-state index is 0.0167. The van der Waals surface area contributed by atoms with Crippen LogP contribution in [0.1, 0.15) is 12.5 Å². The van der Waals surface area contributed by atoms with Crippen molar-refractivity contribution in [3.05, 3.63) is 59.1 Å². The first-order valence-corrected chi connectivity index (χ1v) is 10.1. The zero-order chi connectivity index (χ0) is 18.4. The topological polar surface area (TPSA) is 41.6 Å². The molecule has 0 aliphatic carbocycles. The molecule has 2 aromatic carbocycles. The molecule has 1 aliphatic heterocycles. The molecule has 1 heterocycles. The molecule has 26 heavy (non-hydrogen) atoms. The molecule has 0 spiro atoms. The monoisotopic (exact) mass is 390 g/mol. The van der Waals surface area contributed by atoms with E-state index in [1.54, 1.807) is 11.8 Å². The Morgan fingerprint density at radius 3 is 2.46 bits per heavy atom. The van der Waals surface area contributed by atoms with Gasteiger partial charge in [0.05, 0.1) is 18.5 Å². The van der Waals surface area contributed by atoms with E-state index < -0.39 is 0 Å². The molecule has 1 amide bonds. The summed E-state index contributed by atoms with van der Waals surface area (Å²) in [5.41, 5.74) is 3.15. The Kier molecular flexibility index (Phi) is 6.83. The summed E-state index contributed by atoms with van der Waals surface area (Å²) in [6.45, 7) is 5.27. The van der Waals surface area contributed by atoms with Crippen LogP contribution in [-0.2, 0) is 15.3 Å². The molecule has 1 fully saturated rings. The number of anilines is 2. The van der Waals surface area contributed by atoms with Crippen LogP contribution in [0.3, 0.4) is 0 Å². The molecular formula is C20H23ClN2O2S. The maximum absolute atomic E-state index is 12.4. The summed E-state index contributed by atoms with van der Waals surface area (Å²) in [7, 11) is 0. The summed E-state index contributed by atoms with van der Waals surface area (Å²) in [4.78, 5) is 14.7. The molecule has 1 atom stereocenters. The zero-order valence-electron chi connectivity index (χ0n) is 14.8. The number of nitrogens with one attached hydrogen (secondary N) is 1. The lowest BCUT2D eigenvalue weighted by Gasteiger charge is -2.28. The van der Waals surface area contributed by atoms with E-state index in [0.29, 0.717) is 0 Å². The summed E-state index contributed by atoms with van der Waals surface area (Å²) in [5, 5.41) is 3.59. The Bertz CT molecular complexity index is 716. The third-order valence-electron chi connectivity index (χ3n) is 4.29. The highest BCUT2D eigenvalue weighted by Gasteiger charge is 2.15. The molecule has 4 nitrogen and oxygen atoms in total. The fraction of sp³-hybridized carbons (Fsp3) is 0.350. The predicted octanol–water partition coefficient (Wildman–Crippen LogP) is 4.44. The van der Waals surface area contributed by atoms with Gasteiger partial charge in [0, 0.05) is 35.2 Å². The minimum Gasteiger partial charge on any atom is -0.378 e.